The van der Waals surface area contributed by atoms with Crippen molar-refractivity contribution in [2.45, 2.75) is 12.5 Å². The molecule has 6 heteroatoms. The summed E-state index contributed by atoms with van der Waals surface area (Å²) in [6, 6.07) is 4.44. The van der Waals surface area contributed by atoms with Gasteiger partial charge in [-0.15, -0.1) is 0 Å². The average Bonchev–Trinajstić information content (AvgIpc) is 2.81. The van der Waals surface area contributed by atoms with E-state index < -0.39 is 0 Å². The molecule has 1 aromatic carbocycles. The fraction of sp³-hybridized carbons (Fsp3) is 0.273. The molecule has 2 N–H and O–H groups in total. The number of nitrogens with one attached hydrogen (secondary N) is 2. The highest BCUT2D eigenvalue weighted by Crippen LogP contribution is 2.24. The van der Waals surface area contributed by atoms with E-state index in [1.54, 1.807) is 6.07 Å². The second-order valence-corrected chi connectivity index (χ2v) is 4.51. The lowest BCUT2D eigenvalue weighted by Crippen LogP contribution is -2.15. The van der Waals surface area contributed by atoms with Crippen molar-refractivity contribution in [1.29, 1.82) is 0 Å². The molecule has 3 rings (SSSR count). The minimum Gasteiger partial charge on any atom is -0.354 e. The van der Waals surface area contributed by atoms with Crippen molar-refractivity contribution in [2.24, 2.45) is 0 Å². The highest BCUT2D eigenvalue weighted by Gasteiger charge is 2.25. The van der Waals surface area contributed by atoms with Crippen molar-refractivity contribution in [3.63, 3.8) is 0 Å². The third kappa shape index (κ3) is 1.64. The lowest BCUT2D eigenvalue weighted by atomic mass is 10.2. The van der Waals surface area contributed by atoms with Crippen molar-refractivity contribution in [1.82, 2.24) is 14.9 Å². The van der Waals surface area contributed by atoms with Crippen LogP contribution < -0.4 is 5.32 Å². The standard InChI is InChI=1S/C11H10FN3OS/c12-6-1-2-8-9(3-6)15(11(17)14-8)7-4-10(16)13-5-7/h1-3,7H,4-5H2,(H,13,16)(H,14,17). The summed E-state index contributed by atoms with van der Waals surface area (Å²) in [4.78, 5) is 14.2. The Hall–Kier alpha value is -1.69. The Kier molecular flexibility index (Phi) is 2.25. The van der Waals surface area contributed by atoms with Gasteiger partial charge in [-0.25, -0.2) is 4.39 Å². The van der Waals surface area contributed by atoms with Gasteiger partial charge in [0, 0.05) is 13.0 Å². The normalized spacial score (nSPS) is 19.8. The summed E-state index contributed by atoms with van der Waals surface area (Å²) in [6.45, 7) is 0.538. The zero-order valence-electron chi connectivity index (χ0n) is 8.87. The van der Waals surface area contributed by atoms with Crippen molar-refractivity contribution in [2.75, 3.05) is 6.54 Å². The van der Waals surface area contributed by atoms with Gasteiger partial charge in [0.15, 0.2) is 4.77 Å². The number of H-pyrrole nitrogens is 1. The summed E-state index contributed by atoms with van der Waals surface area (Å²) >= 11 is 5.22. The molecule has 88 valence electrons. The first-order valence-corrected chi connectivity index (χ1v) is 5.72. The van der Waals surface area contributed by atoms with Crippen molar-refractivity contribution >= 4 is 29.2 Å². The third-order valence-electron chi connectivity index (χ3n) is 3.00. The number of imidazole rings is 1. The molecule has 0 bridgehead atoms. The van der Waals surface area contributed by atoms with Crippen LogP contribution >= 0.6 is 12.2 Å². The van der Waals surface area contributed by atoms with Gasteiger partial charge in [0.1, 0.15) is 5.82 Å². The van der Waals surface area contributed by atoms with Gasteiger partial charge < -0.3 is 14.9 Å². The van der Waals surface area contributed by atoms with Crippen LogP contribution in [0.1, 0.15) is 12.5 Å². The molecule has 2 aromatic rings. The molecular formula is C11H10FN3OS. The lowest BCUT2D eigenvalue weighted by Gasteiger charge is -2.10. The summed E-state index contributed by atoms with van der Waals surface area (Å²) in [7, 11) is 0. The number of fused-ring (bicyclic) bond motifs is 1. The molecule has 1 aliphatic heterocycles. The van der Waals surface area contributed by atoms with Gasteiger partial charge in [0.05, 0.1) is 17.1 Å². The molecule has 1 fully saturated rings. The van der Waals surface area contributed by atoms with Crippen LogP contribution in [-0.2, 0) is 4.79 Å². The molecule has 1 amide bonds. The number of hydrogen-bond acceptors (Lipinski definition) is 2. The Morgan fingerprint density at radius 1 is 1.47 bits per heavy atom. The summed E-state index contributed by atoms with van der Waals surface area (Å²) in [6.07, 6.45) is 0.387. The molecule has 0 aliphatic carbocycles. The molecule has 1 atom stereocenters. The topological polar surface area (TPSA) is 49.8 Å². The first-order chi connectivity index (χ1) is 8.15. The Morgan fingerprint density at radius 2 is 2.29 bits per heavy atom. The Bertz CT molecular complexity index is 660. The number of hydrogen-bond donors (Lipinski definition) is 2. The molecule has 1 saturated heterocycles. The highest BCUT2D eigenvalue weighted by atomic mass is 32.1. The summed E-state index contributed by atoms with van der Waals surface area (Å²) in [5.41, 5.74) is 1.49. The first kappa shape index (κ1) is 10.5. The van der Waals surface area contributed by atoms with Crippen LogP contribution in [-0.4, -0.2) is 22.0 Å². The second-order valence-electron chi connectivity index (χ2n) is 4.12. The number of nitrogens with zero attached hydrogens (tertiary/aromatic N) is 1. The number of carbonyl (C=O) groups is 1. The van der Waals surface area contributed by atoms with E-state index in [9.17, 15) is 9.18 Å². The van der Waals surface area contributed by atoms with Crippen molar-refractivity contribution in [3.8, 4) is 0 Å². The van der Waals surface area contributed by atoms with Gasteiger partial charge in [-0.1, -0.05) is 0 Å². The first-order valence-electron chi connectivity index (χ1n) is 5.31. The minimum absolute atomic E-state index is 0.00246. The molecule has 1 aromatic heterocycles. The van der Waals surface area contributed by atoms with Gasteiger partial charge in [0.2, 0.25) is 5.91 Å². The number of benzene rings is 1. The maximum atomic E-state index is 13.2. The maximum Gasteiger partial charge on any atom is 0.222 e. The SMILES string of the molecule is O=C1CC(n2c(=S)[nH]c3ccc(F)cc32)CN1. The lowest BCUT2D eigenvalue weighted by molar-refractivity contribution is -0.119. The maximum absolute atomic E-state index is 13.2. The quantitative estimate of drug-likeness (QED) is 0.760. The number of amides is 1. The number of aromatic nitrogens is 2. The third-order valence-corrected chi connectivity index (χ3v) is 3.30. The van der Waals surface area contributed by atoms with Crippen molar-refractivity contribution in [3.05, 3.63) is 28.8 Å². The monoisotopic (exact) mass is 251 g/mol. The molecule has 0 spiro atoms. The van der Waals surface area contributed by atoms with E-state index in [1.165, 1.54) is 12.1 Å². The minimum atomic E-state index is -0.308. The molecular weight excluding hydrogens is 241 g/mol. The predicted molar refractivity (Wildman–Crippen MR) is 63.7 cm³/mol. The van der Waals surface area contributed by atoms with Crippen molar-refractivity contribution < 1.29 is 9.18 Å². The molecule has 0 radical (unpaired) electrons. The summed E-state index contributed by atoms with van der Waals surface area (Å²) < 4.78 is 15.6. The number of carbonyl (C=O) groups excluding carboxylic acids is 1. The van der Waals surface area contributed by atoms with Crippen LogP contribution in [0.5, 0.6) is 0 Å². The smallest absolute Gasteiger partial charge is 0.222 e. The number of aromatic amines is 1. The molecule has 4 nitrogen and oxygen atoms in total. The van der Waals surface area contributed by atoms with E-state index in [-0.39, 0.29) is 17.8 Å². The van der Waals surface area contributed by atoms with Gasteiger partial charge in [-0.05, 0) is 30.4 Å². The largest absolute Gasteiger partial charge is 0.354 e. The summed E-state index contributed by atoms with van der Waals surface area (Å²) in [5.74, 6) is -0.305. The Morgan fingerprint density at radius 3 is 3.00 bits per heavy atom. The van der Waals surface area contributed by atoms with Crippen LogP contribution in [0.15, 0.2) is 18.2 Å². The van der Waals surface area contributed by atoms with E-state index in [1.807, 2.05) is 4.57 Å². The highest BCUT2D eigenvalue weighted by molar-refractivity contribution is 7.71. The zero-order chi connectivity index (χ0) is 12.0. The zero-order valence-corrected chi connectivity index (χ0v) is 9.68. The van der Waals surface area contributed by atoms with Gasteiger partial charge in [0.25, 0.3) is 0 Å². The molecule has 1 aliphatic rings. The Labute approximate surface area is 101 Å². The van der Waals surface area contributed by atoms with Gasteiger partial charge in [-0.3, -0.25) is 4.79 Å². The fourth-order valence-electron chi connectivity index (χ4n) is 2.23. The fourth-order valence-corrected chi connectivity index (χ4v) is 2.59. The molecule has 2 heterocycles. The molecule has 0 saturated carbocycles. The average molecular weight is 251 g/mol. The van der Waals surface area contributed by atoms with Crippen LogP contribution in [0.3, 0.4) is 0 Å². The van der Waals surface area contributed by atoms with Gasteiger partial charge in [-0.2, -0.15) is 0 Å². The van der Waals surface area contributed by atoms with Gasteiger partial charge >= 0.3 is 0 Å². The van der Waals surface area contributed by atoms with E-state index >= 15 is 0 Å². The van der Waals surface area contributed by atoms with E-state index in [0.29, 0.717) is 23.3 Å². The van der Waals surface area contributed by atoms with Crippen LogP contribution in [0.2, 0.25) is 0 Å². The van der Waals surface area contributed by atoms with E-state index in [4.69, 9.17) is 12.2 Å². The summed E-state index contributed by atoms with van der Waals surface area (Å²) in [5, 5.41) is 2.75. The van der Waals surface area contributed by atoms with E-state index in [2.05, 4.69) is 10.3 Å². The second kappa shape index (κ2) is 3.66. The van der Waals surface area contributed by atoms with Crippen LogP contribution in [0.4, 0.5) is 4.39 Å². The van der Waals surface area contributed by atoms with Crippen LogP contribution in [0, 0.1) is 10.6 Å². The number of halogens is 1. The van der Waals surface area contributed by atoms with Crippen LogP contribution in [0.25, 0.3) is 11.0 Å². The molecule has 17 heavy (non-hydrogen) atoms. The number of rotatable bonds is 1. The predicted octanol–water partition coefficient (Wildman–Crippen LogP) is 1.90. The Balaban J connectivity index is 2.21. The van der Waals surface area contributed by atoms with E-state index in [0.717, 1.165) is 5.52 Å². The molecule has 1 unspecified atom stereocenters.